The largest absolute Gasteiger partial charge is 0.337 e. The van der Waals surface area contributed by atoms with Crippen molar-refractivity contribution in [1.82, 2.24) is 19.4 Å². The lowest BCUT2D eigenvalue weighted by atomic mass is 9.95. The summed E-state index contributed by atoms with van der Waals surface area (Å²) < 4.78 is 1.79. The van der Waals surface area contributed by atoms with Gasteiger partial charge in [-0.3, -0.25) is 9.69 Å². The summed E-state index contributed by atoms with van der Waals surface area (Å²) in [6.45, 7) is 4.21. The van der Waals surface area contributed by atoms with Crippen molar-refractivity contribution in [2.24, 2.45) is 11.8 Å². The summed E-state index contributed by atoms with van der Waals surface area (Å²) in [5.41, 5.74) is 1.65. The molecular formula is C19H24N4O. The number of carbonyl (C=O) groups excluding carboxylic acids is 1. The second-order valence-electron chi connectivity index (χ2n) is 7.79. The third-order valence-electron chi connectivity index (χ3n) is 5.96. The number of nitrogens with zero attached hydrogens (tertiary/aromatic N) is 4. The summed E-state index contributed by atoms with van der Waals surface area (Å²) in [5.74, 6) is 1.71. The van der Waals surface area contributed by atoms with Gasteiger partial charge < -0.3 is 4.90 Å². The van der Waals surface area contributed by atoms with Gasteiger partial charge in [0.25, 0.3) is 5.91 Å². The smallest absolute Gasteiger partial charge is 0.257 e. The monoisotopic (exact) mass is 324 g/mol. The quantitative estimate of drug-likeness (QED) is 0.870. The molecule has 4 fully saturated rings. The molecule has 2 bridgehead atoms. The van der Waals surface area contributed by atoms with E-state index in [0.29, 0.717) is 12.0 Å². The van der Waals surface area contributed by atoms with Gasteiger partial charge in [-0.2, -0.15) is 5.10 Å². The van der Waals surface area contributed by atoms with E-state index in [4.69, 9.17) is 0 Å². The van der Waals surface area contributed by atoms with Crippen LogP contribution in [0.2, 0.25) is 0 Å². The predicted octanol–water partition coefficient (Wildman–Crippen LogP) is 2.28. The summed E-state index contributed by atoms with van der Waals surface area (Å²) in [7, 11) is 0. The summed E-state index contributed by atoms with van der Waals surface area (Å²) in [5, 5.41) is 4.33. The van der Waals surface area contributed by atoms with Gasteiger partial charge in [-0.25, -0.2) is 4.52 Å². The molecule has 126 valence electrons. The zero-order valence-corrected chi connectivity index (χ0v) is 14.0. The van der Waals surface area contributed by atoms with Gasteiger partial charge in [0, 0.05) is 38.4 Å². The number of aromatic nitrogens is 2. The topological polar surface area (TPSA) is 40.9 Å². The molecule has 5 nitrogen and oxygen atoms in total. The number of hydrogen-bond donors (Lipinski definition) is 0. The highest BCUT2D eigenvalue weighted by Gasteiger charge is 2.39. The highest BCUT2D eigenvalue weighted by molar-refractivity contribution is 6.00. The molecule has 1 amide bonds. The minimum atomic E-state index is 0.154. The third-order valence-corrected chi connectivity index (χ3v) is 5.96. The molecule has 6 rings (SSSR count). The number of hydrogen-bond acceptors (Lipinski definition) is 3. The van der Waals surface area contributed by atoms with Gasteiger partial charge in [0.2, 0.25) is 0 Å². The Hall–Kier alpha value is -1.88. The zero-order valence-electron chi connectivity index (χ0n) is 14.0. The van der Waals surface area contributed by atoms with Gasteiger partial charge in [0.15, 0.2) is 0 Å². The third kappa shape index (κ3) is 2.51. The molecule has 5 heteroatoms. The minimum Gasteiger partial charge on any atom is -0.337 e. The lowest BCUT2D eigenvalue weighted by Gasteiger charge is -2.36. The van der Waals surface area contributed by atoms with Crippen LogP contribution in [0.3, 0.4) is 0 Å². The maximum Gasteiger partial charge on any atom is 0.257 e. The van der Waals surface area contributed by atoms with E-state index in [0.717, 1.165) is 30.1 Å². The van der Waals surface area contributed by atoms with Crippen molar-refractivity contribution in [3.8, 4) is 0 Å². The first-order chi connectivity index (χ1) is 11.8. The van der Waals surface area contributed by atoms with Gasteiger partial charge in [-0.1, -0.05) is 6.07 Å². The SMILES string of the molecule is O=C(c1cnn2ccccc12)N1C[C@@H]2CC[C@H](C1)N(CC1CC1)C2. The van der Waals surface area contributed by atoms with Crippen LogP contribution >= 0.6 is 0 Å². The fourth-order valence-corrected chi connectivity index (χ4v) is 4.47. The number of carbonyl (C=O) groups is 1. The summed E-state index contributed by atoms with van der Waals surface area (Å²) in [4.78, 5) is 17.9. The van der Waals surface area contributed by atoms with Crippen LogP contribution in [0.5, 0.6) is 0 Å². The summed E-state index contributed by atoms with van der Waals surface area (Å²) in [6.07, 6.45) is 8.94. The van der Waals surface area contributed by atoms with Crippen LogP contribution in [0, 0.1) is 11.8 Å². The Morgan fingerprint density at radius 1 is 1.12 bits per heavy atom. The van der Waals surface area contributed by atoms with Gasteiger partial charge >= 0.3 is 0 Å². The zero-order chi connectivity index (χ0) is 16.1. The van der Waals surface area contributed by atoms with E-state index in [1.807, 2.05) is 24.4 Å². The highest BCUT2D eigenvalue weighted by Crippen LogP contribution is 2.35. The standard InChI is InChI=1S/C19H24N4O/c24-19(17-9-20-23-8-2-1-3-18(17)23)22-12-15-6-7-16(13-22)21(11-15)10-14-4-5-14/h1-3,8-9,14-16H,4-7,10-13H2/t15-,16-/m1/s1. The molecule has 5 heterocycles. The lowest BCUT2D eigenvalue weighted by Crippen LogP contribution is -2.45. The van der Waals surface area contributed by atoms with Gasteiger partial charge in [0.05, 0.1) is 17.3 Å². The van der Waals surface area contributed by atoms with Gasteiger partial charge in [-0.05, 0) is 49.7 Å². The van der Waals surface area contributed by atoms with Crippen LogP contribution in [0.4, 0.5) is 0 Å². The molecule has 0 unspecified atom stereocenters. The molecule has 2 aromatic heterocycles. The Bertz CT molecular complexity index is 766. The van der Waals surface area contributed by atoms with Crippen LogP contribution < -0.4 is 0 Å². The lowest BCUT2D eigenvalue weighted by molar-refractivity contribution is 0.0738. The molecular weight excluding hydrogens is 300 g/mol. The van der Waals surface area contributed by atoms with Crippen molar-refractivity contribution in [1.29, 1.82) is 0 Å². The normalized spacial score (nSPS) is 27.6. The number of fused-ring (bicyclic) bond motifs is 5. The molecule has 1 saturated carbocycles. The second-order valence-corrected chi connectivity index (χ2v) is 7.79. The van der Waals surface area contributed by atoms with Crippen molar-refractivity contribution in [3.05, 3.63) is 36.2 Å². The van der Waals surface area contributed by atoms with Crippen molar-refractivity contribution in [2.75, 3.05) is 26.2 Å². The van der Waals surface area contributed by atoms with Crippen LogP contribution in [0.15, 0.2) is 30.6 Å². The summed E-state index contributed by atoms with van der Waals surface area (Å²) >= 11 is 0. The minimum absolute atomic E-state index is 0.154. The number of amides is 1. The van der Waals surface area contributed by atoms with E-state index in [9.17, 15) is 4.79 Å². The van der Waals surface area contributed by atoms with Gasteiger partial charge in [0.1, 0.15) is 0 Å². The van der Waals surface area contributed by atoms with E-state index in [-0.39, 0.29) is 5.91 Å². The van der Waals surface area contributed by atoms with Crippen LogP contribution in [-0.2, 0) is 0 Å². The maximum absolute atomic E-state index is 13.1. The Balaban J connectivity index is 1.39. The molecule has 0 radical (unpaired) electrons. The van der Waals surface area contributed by atoms with E-state index < -0.39 is 0 Å². The fourth-order valence-electron chi connectivity index (χ4n) is 4.47. The van der Waals surface area contributed by atoms with Crippen LogP contribution in [-0.4, -0.2) is 57.5 Å². The molecule has 24 heavy (non-hydrogen) atoms. The first-order valence-corrected chi connectivity index (χ1v) is 9.23. The highest BCUT2D eigenvalue weighted by atomic mass is 16.2. The Morgan fingerprint density at radius 2 is 2.04 bits per heavy atom. The molecule has 0 N–H and O–H groups in total. The van der Waals surface area contributed by atoms with Crippen molar-refractivity contribution < 1.29 is 4.79 Å². The summed E-state index contributed by atoms with van der Waals surface area (Å²) in [6, 6.07) is 6.44. The Morgan fingerprint density at radius 3 is 2.92 bits per heavy atom. The first kappa shape index (κ1) is 14.5. The van der Waals surface area contributed by atoms with Crippen LogP contribution in [0.1, 0.15) is 36.0 Å². The molecule has 1 aliphatic carbocycles. The Kier molecular flexibility index (Phi) is 3.37. The number of piperidine rings is 1. The predicted molar refractivity (Wildman–Crippen MR) is 91.9 cm³/mol. The molecule has 0 aromatic carbocycles. The van der Waals surface area contributed by atoms with E-state index in [1.165, 1.54) is 38.8 Å². The average Bonchev–Trinajstić information content (AvgIpc) is 3.37. The molecule has 4 aliphatic rings. The Labute approximate surface area is 142 Å². The van der Waals surface area contributed by atoms with E-state index in [1.54, 1.807) is 10.7 Å². The molecule has 3 saturated heterocycles. The molecule has 2 aromatic rings. The molecule has 0 spiro atoms. The second kappa shape index (κ2) is 5.59. The molecule has 3 aliphatic heterocycles. The average molecular weight is 324 g/mol. The first-order valence-electron chi connectivity index (χ1n) is 9.23. The van der Waals surface area contributed by atoms with Crippen LogP contribution in [0.25, 0.3) is 5.52 Å². The number of pyridine rings is 1. The van der Waals surface area contributed by atoms with E-state index >= 15 is 0 Å². The fraction of sp³-hybridized carbons (Fsp3) is 0.579. The number of rotatable bonds is 3. The van der Waals surface area contributed by atoms with E-state index in [2.05, 4.69) is 14.9 Å². The van der Waals surface area contributed by atoms with Gasteiger partial charge in [-0.15, -0.1) is 0 Å². The van der Waals surface area contributed by atoms with Crippen molar-refractivity contribution in [2.45, 2.75) is 31.7 Å². The maximum atomic E-state index is 13.1. The van der Waals surface area contributed by atoms with Crippen molar-refractivity contribution in [3.63, 3.8) is 0 Å². The molecule has 2 atom stereocenters. The van der Waals surface area contributed by atoms with Crippen molar-refractivity contribution >= 4 is 11.4 Å².